The lowest BCUT2D eigenvalue weighted by Gasteiger charge is -2.36. The predicted molar refractivity (Wildman–Crippen MR) is 122 cm³/mol. The van der Waals surface area contributed by atoms with Gasteiger partial charge in [-0.15, -0.1) is 0 Å². The minimum Gasteiger partial charge on any atom is -0.379 e. The second-order valence-electron chi connectivity index (χ2n) is 7.69. The molecule has 0 aromatic heterocycles. The number of sulfonamides is 1. The monoisotopic (exact) mass is 494 g/mol. The van der Waals surface area contributed by atoms with Crippen LogP contribution in [0.2, 0.25) is 5.02 Å². The van der Waals surface area contributed by atoms with E-state index in [9.17, 15) is 23.3 Å². The van der Waals surface area contributed by atoms with Gasteiger partial charge in [-0.25, -0.2) is 8.42 Å². The van der Waals surface area contributed by atoms with Gasteiger partial charge in [-0.05, 0) is 24.3 Å². The number of anilines is 1. The van der Waals surface area contributed by atoms with E-state index in [0.29, 0.717) is 45.1 Å². The van der Waals surface area contributed by atoms with E-state index in [4.69, 9.17) is 16.3 Å². The van der Waals surface area contributed by atoms with Crippen LogP contribution < -0.4 is 4.90 Å². The summed E-state index contributed by atoms with van der Waals surface area (Å²) < 4.78 is 32.6. The Bertz CT molecular complexity index is 1160. The lowest BCUT2D eigenvalue weighted by atomic mass is 10.1. The van der Waals surface area contributed by atoms with E-state index < -0.39 is 14.9 Å². The summed E-state index contributed by atoms with van der Waals surface area (Å²) in [7, 11) is -3.86. The molecular weight excluding hydrogens is 472 g/mol. The summed E-state index contributed by atoms with van der Waals surface area (Å²) in [5, 5.41) is 11.4. The molecule has 176 valence electrons. The third-order valence-corrected chi connectivity index (χ3v) is 8.13. The van der Waals surface area contributed by atoms with Crippen molar-refractivity contribution < 1.29 is 22.9 Å². The molecule has 0 bridgehead atoms. The molecule has 2 aliphatic heterocycles. The fourth-order valence-electron chi connectivity index (χ4n) is 3.98. The van der Waals surface area contributed by atoms with Gasteiger partial charge in [0, 0.05) is 50.9 Å². The van der Waals surface area contributed by atoms with Crippen LogP contribution in [0.5, 0.6) is 0 Å². The Morgan fingerprint density at radius 1 is 1.00 bits per heavy atom. The van der Waals surface area contributed by atoms with Crippen molar-refractivity contribution in [2.24, 2.45) is 0 Å². The lowest BCUT2D eigenvalue weighted by molar-refractivity contribution is -0.384. The first kappa shape index (κ1) is 23.4. The average molecular weight is 495 g/mol. The molecule has 2 heterocycles. The molecule has 0 atom stereocenters. The number of halogens is 1. The lowest BCUT2D eigenvalue weighted by Crippen LogP contribution is -2.49. The number of benzene rings is 2. The first-order valence-corrected chi connectivity index (χ1v) is 12.3. The van der Waals surface area contributed by atoms with Crippen molar-refractivity contribution in [3.8, 4) is 0 Å². The normalized spacial score (nSPS) is 17.7. The number of nitro groups is 1. The number of nitrogens with zero attached hydrogens (tertiary/aromatic N) is 4. The zero-order valence-electron chi connectivity index (χ0n) is 17.7. The molecule has 10 nitrogen and oxygen atoms in total. The van der Waals surface area contributed by atoms with E-state index in [0.717, 1.165) is 0 Å². The molecule has 0 spiro atoms. The molecule has 0 aliphatic carbocycles. The topological polar surface area (TPSA) is 113 Å². The van der Waals surface area contributed by atoms with Crippen molar-refractivity contribution in [1.29, 1.82) is 0 Å². The van der Waals surface area contributed by atoms with Gasteiger partial charge in [0.25, 0.3) is 11.6 Å². The maximum Gasteiger partial charge on any atom is 0.292 e. The molecule has 0 radical (unpaired) electrons. The highest BCUT2D eigenvalue weighted by Crippen LogP contribution is 2.30. The number of hydrogen-bond donors (Lipinski definition) is 0. The first-order chi connectivity index (χ1) is 15.8. The van der Waals surface area contributed by atoms with Crippen LogP contribution >= 0.6 is 11.6 Å². The summed E-state index contributed by atoms with van der Waals surface area (Å²) in [5.41, 5.74) is 0.762. The second-order valence-corrected chi connectivity index (χ2v) is 10.0. The molecular formula is C21H23ClN4O6S. The summed E-state index contributed by atoms with van der Waals surface area (Å²) in [4.78, 5) is 27.4. The zero-order chi connectivity index (χ0) is 23.6. The van der Waals surface area contributed by atoms with Gasteiger partial charge in [0.1, 0.15) is 10.6 Å². The van der Waals surface area contributed by atoms with Crippen LogP contribution in [0, 0.1) is 10.1 Å². The molecule has 2 aliphatic rings. The van der Waals surface area contributed by atoms with Crippen molar-refractivity contribution in [3.63, 3.8) is 0 Å². The van der Waals surface area contributed by atoms with Crippen LogP contribution in [-0.4, -0.2) is 80.9 Å². The average Bonchev–Trinajstić information content (AvgIpc) is 2.84. The Hall–Kier alpha value is -2.73. The number of piperazine rings is 1. The molecule has 12 heteroatoms. The van der Waals surface area contributed by atoms with E-state index in [-0.39, 0.29) is 40.2 Å². The van der Waals surface area contributed by atoms with Crippen molar-refractivity contribution in [1.82, 2.24) is 9.21 Å². The number of rotatable bonds is 5. The number of morpholine rings is 1. The van der Waals surface area contributed by atoms with Gasteiger partial charge < -0.3 is 14.5 Å². The fraction of sp³-hybridized carbons (Fsp3) is 0.381. The number of amides is 1. The van der Waals surface area contributed by atoms with Crippen LogP contribution in [0.15, 0.2) is 47.4 Å². The summed E-state index contributed by atoms with van der Waals surface area (Å²) in [6.45, 7) is 2.60. The minimum absolute atomic E-state index is 0.0212. The largest absolute Gasteiger partial charge is 0.379 e. The number of ether oxygens (including phenoxy) is 1. The molecule has 2 saturated heterocycles. The number of nitro benzene ring substituents is 1. The molecule has 1 amide bonds. The molecule has 0 unspecified atom stereocenters. The van der Waals surface area contributed by atoms with Crippen molar-refractivity contribution in [2.45, 2.75) is 4.90 Å². The van der Waals surface area contributed by atoms with E-state index in [1.807, 2.05) is 4.90 Å². The van der Waals surface area contributed by atoms with Gasteiger partial charge in [-0.2, -0.15) is 4.31 Å². The number of hydrogen-bond acceptors (Lipinski definition) is 7. The molecule has 2 fully saturated rings. The van der Waals surface area contributed by atoms with Crippen LogP contribution in [0.3, 0.4) is 0 Å². The number of carbonyl (C=O) groups excluding carboxylic acids is 1. The van der Waals surface area contributed by atoms with Gasteiger partial charge >= 0.3 is 0 Å². The van der Waals surface area contributed by atoms with Gasteiger partial charge in [-0.3, -0.25) is 14.9 Å². The Morgan fingerprint density at radius 2 is 1.67 bits per heavy atom. The Balaban J connectivity index is 1.50. The third-order valence-electron chi connectivity index (χ3n) is 5.75. The summed E-state index contributed by atoms with van der Waals surface area (Å²) in [5.74, 6) is -0.313. The van der Waals surface area contributed by atoms with Crippen molar-refractivity contribution in [3.05, 3.63) is 63.2 Å². The maximum atomic E-state index is 13.1. The van der Waals surface area contributed by atoms with Gasteiger partial charge in [0.2, 0.25) is 10.0 Å². The molecule has 33 heavy (non-hydrogen) atoms. The molecule has 0 N–H and O–H groups in total. The second kappa shape index (κ2) is 9.64. The van der Waals surface area contributed by atoms with E-state index in [1.54, 1.807) is 23.1 Å². The summed E-state index contributed by atoms with van der Waals surface area (Å²) in [6, 6.07) is 10.8. The highest BCUT2D eigenvalue weighted by molar-refractivity contribution is 7.89. The maximum absolute atomic E-state index is 13.1. The highest BCUT2D eigenvalue weighted by atomic mass is 35.5. The fourth-order valence-corrected chi connectivity index (χ4v) is 5.89. The number of carbonyl (C=O) groups is 1. The van der Waals surface area contributed by atoms with Crippen LogP contribution in [0.25, 0.3) is 0 Å². The minimum atomic E-state index is -3.86. The predicted octanol–water partition coefficient (Wildman–Crippen LogP) is 2.23. The molecule has 4 rings (SSSR count). The quantitative estimate of drug-likeness (QED) is 0.462. The zero-order valence-corrected chi connectivity index (χ0v) is 19.3. The third kappa shape index (κ3) is 4.81. The smallest absolute Gasteiger partial charge is 0.292 e. The highest BCUT2D eigenvalue weighted by Gasteiger charge is 2.31. The van der Waals surface area contributed by atoms with Crippen LogP contribution in [-0.2, 0) is 14.8 Å². The molecule has 0 saturated carbocycles. The first-order valence-electron chi connectivity index (χ1n) is 10.4. The van der Waals surface area contributed by atoms with E-state index in [2.05, 4.69) is 0 Å². The Morgan fingerprint density at radius 3 is 2.33 bits per heavy atom. The Labute approximate surface area is 196 Å². The van der Waals surface area contributed by atoms with Gasteiger partial charge in [-0.1, -0.05) is 23.7 Å². The SMILES string of the molecule is O=C(c1ccc(Cl)c(S(=O)(=O)N2CCOCC2)c1)N1CCN(c2ccccc2[N+](=O)[O-])CC1. The van der Waals surface area contributed by atoms with Gasteiger partial charge in [0.05, 0.1) is 23.2 Å². The standard InChI is InChI=1S/C21H23ClN4O6S/c22-17-6-5-16(15-20(17)33(30,31)25-11-13-32-14-12-25)21(27)24-9-7-23(8-10-24)18-3-1-2-4-19(18)26(28)29/h1-6,15H,7-14H2. The molecule has 2 aromatic rings. The van der Waals surface area contributed by atoms with Crippen LogP contribution in [0.1, 0.15) is 10.4 Å². The summed E-state index contributed by atoms with van der Waals surface area (Å²) in [6.07, 6.45) is 0. The van der Waals surface area contributed by atoms with Crippen molar-refractivity contribution in [2.75, 3.05) is 57.4 Å². The Kier molecular flexibility index (Phi) is 6.84. The van der Waals surface area contributed by atoms with E-state index in [1.165, 1.54) is 28.6 Å². The molecule has 2 aromatic carbocycles. The van der Waals surface area contributed by atoms with Crippen LogP contribution in [0.4, 0.5) is 11.4 Å². The van der Waals surface area contributed by atoms with E-state index >= 15 is 0 Å². The summed E-state index contributed by atoms with van der Waals surface area (Å²) >= 11 is 6.19. The number of para-hydroxylation sites is 2. The van der Waals surface area contributed by atoms with Crippen molar-refractivity contribution >= 4 is 38.9 Å². The van der Waals surface area contributed by atoms with Gasteiger partial charge in [0.15, 0.2) is 0 Å².